The second-order valence-corrected chi connectivity index (χ2v) is 8.36. The molecule has 2 amide bonds. The van der Waals surface area contributed by atoms with Gasteiger partial charge in [0.15, 0.2) is 0 Å². The number of piperidine rings is 1. The first-order valence-corrected chi connectivity index (χ1v) is 9.69. The van der Waals surface area contributed by atoms with Crippen molar-refractivity contribution in [3.63, 3.8) is 0 Å². The fourth-order valence-corrected chi connectivity index (χ4v) is 4.41. The Labute approximate surface area is 157 Å². The summed E-state index contributed by atoms with van der Waals surface area (Å²) in [5.41, 5.74) is 5.22. The van der Waals surface area contributed by atoms with Crippen LogP contribution in [0.2, 0.25) is 10.0 Å². The molecule has 1 aromatic rings. The minimum atomic E-state index is -0.280. The number of carbonyl (C=O) groups is 2. The molecule has 1 fully saturated rings. The van der Waals surface area contributed by atoms with Crippen LogP contribution in [0.5, 0.6) is 0 Å². The van der Waals surface area contributed by atoms with E-state index in [-0.39, 0.29) is 17.1 Å². The molecule has 2 unspecified atom stereocenters. The van der Waals surface area contributed by atoms with Crippen molar-refractivity contribution in [2.45, 2.75) is 42.8 Å². The predicted molar refractivity (Wildman–Crippen MR) is 99.5 cm³/mol. The smallest absolute Gasteiger partial charge is 0.235 e. The molecule has 132 valence electrons. The molecule has 2 N–H and O–H groups in total. The van der Waals surface area contributed by atoms with Crippen LogP contribution in [0.1, 0.15) is 32.6 Å². The number of carbonyl (C=O) groups excluding carboxylic acids is 2. The van der Waals surface area contributed by atoms with Crippen LogP contribution in [0.3, 0.4) is 0 Å². The largest absolute Gasteiger partial charge is 0.370 e. The summed E-state index contributed by atoms with van der Waals surface area (Å²) in [4.78, 5) is 26.4. The molecule has 2 rings (SSSR count). The maximum absolute atomic E-state index is 12.7. The van der Waals surface area contributed by atoms with Gasteiger partial charge in [0.1, 0.15) is 0 Å². The lowest BCUT2D eigenvalue weighted by molar-refractivity contribution is -0.132. The molecule has 2 atom stereocenters. The van der Waals surface area contributed by atoms with Gasteiger partial charge in [0.25, 0.3) is 0 Å². The highest BCUT2D eigenvalue weighted by Gasteiger charge is 2.27. The van der Waals surface area contributed by atoms with Crippen LogP contribution >= 0.6 is 35.0 Å². The van der Waals surface area contributed by atoms with Gasteiger partial charge < -0.3 is 10.6 Å². The molecule has 4 nitrogen and oxygen atoms in total. The van der Waals surface area contributed by atoms with Crippen LogP contribution in [0.15, 0.2) is 23.1 Å². The van der Waals surface area contributed by atoms with E-state index in [0.29, 0.717) is 28.9 Å². The summed E-state index contributed by atoms with van der Waals surface area (Å²) in [6.07, 6.45) is 3.14. The van der Waals surface area contributed by atoms with Crippen molar-refractivity contribution in [2.75, 3.05) is 13.1 Å². The highest BCUT2D eigenvalue weighted by Crippen LogP contribution is 2.34. The van der Waals surface area contributed by atoms with Gasteiger partial charge in [-0.1, -0.05) is 23.2 Å². The molecule has 1 aromatic carbocycles. The van der Waals surface area contributed by atoms with Crippen molar-refractivity contribution in [3.8, 4) is 0 Å². The topological polar surface area (TPSA) is 63.4 Å². The van der Waals surface area contributed by atoms with Crippen LogP contribution in [0, 0.1) is 5.92 Å². The molecule has 0 bridgehead atoms. The van der Waals surface area contributed by atoms with Gasteiger partial charge in [0.05, 0.1) is 10.3 Å². The van der Waals surface area contributed by atoms with E-state index in [9.17, 15) is 9.59 Å². The minimum Gasteiger partial charge on any atom is -0.370 e. The van der Waals surface area contributed by atoms with E-state index >= 15 is 0 Å². The van der Waals surface area contributed by atoms with Crippen molar-refractivity contribution in [2.24, 2.45) is 11.7 Å². The minimum absolute atomic E-state index is 0.0971. The lowest BCUT2D eigenvalue weighted by Crippen LogP contribution is -2.43. The van der Waals surface area contributed by atoms with Crippen LogP contribution in [0.4, 0.5) is 0 Å². The van der Waals surface area contributed by atoms with Gasteiger partial charge in [-0.05, 0) is 50.3 Å². The summed E-state index contributed by atoms with van der Waals surface area (Å²) in [5, 5.41) is 0.962. The second-order valence-electron chi connectivity index (χ2n) is 6.13. The van der Waals surface area contributed by atoms with Gasteiger partial charge in [-0.2, -0.15) is 0 Å². The van der Waals surface area contributed by atoms with Gasteiger partial charge in [0.2, 0.25) is 11.8 Å². The van der Waals surface area contributed by atoms with Crippen LogP contribution < -0.4 is 5.73 Å². The number of halogens is 2. The van der Waals surface area contributed by atoms with Gasteiger partial charge >= 0.3 is 0 Å². The Bertz CT molecular complexity index is 612. The van der Waals surface area contributed by atoms with E-state index in [1.54, 1.807) is 18.2 Å². The number of nitrogens with zero attached hydrogens (tertiary/aromatic N) is 1. The van der Waals surface area contributed by atoms with E-state index in [2.05, 4.69) is 0 Å². The normalized spacial score (nSPS) is 19.1. The first-order chi connectivity index (χ1) is 11.4. The third-order valence-electron chi connectivity index (χ3n) is 4.17. The maximum Gasteiger partial charge on any atom is 0.235 e. The van der Waals surface area contributed by atoms with E-state index < -0.39 is 0 Å². The summed E-state index contributed by atoms with van der Waals surface area (Å²) < 4.78 is 0. The van der Waals surface area contributed by atoms with Gasteiger partial charge in [-0.25, -0.2) is 0 Å². The molecule has 0 spiro atoms. The number of thioether (sulfide) groups is 1. The molecule has 0 saturated carbocycles. The molecule has 1 saturated heterocycles. The number of amides is 2. The van der Waals surface area contributed by atoms with Crippen molar-refractivity contribution in [1.29, 1.82) is 0 Å². The fraction of sp³-hybridized carbons (Fsp3) is 0.529. The average Bonchev–Trinajstić information content (AvgIpc) is 2.55. The SMILES string of the molecule is CC(Sc1cc(Cl)ccc1Cl)C(=O)N1CCCC(CCC(N)=O)C1. The van der Waals surface area contributed by atoms with Crippen molar-refractivity contribution < 1.29 is 9.59 Å². The zero-order chi connectivity index (χ0) is 17.7. The Hall–Kier alpha value is -0.910. The van der Waals surface area contributed by atoms with Gasteiger partial charge in [-0.15, -0.1) is 11.8 Å². The predicted octanol–water partition coefficient (Wildman–Crippen LogP) is 3.98. The van der Waals surface area contributed by atoms with E-state index in [4.69, 9.17) is 28.9 Å². The third-order valence-corrected chi connectivity index (χ3v) is 6.00. The maximum atomic E-state index is 12.7. The Kier molecular flexibility index (Phi) is 7.26. The quantitative estimate of drug-likeness (QED) is 0.749. The van der Waals surface area contributed by atoms with Crippen LogP contribution in [-0.4, -0.2) is 35.1 Å². The number of hydrogen-bond donors (Lipinski definition) is 1. The molecule has 0 aromatic heterocycles. The Balaban J connectivity index is 1.94. The first kappa shape index (κ1) is 19.4. The summed E-state index contributed by atoms with van der Waals surface area (Å²) in [6.45, 7) is 3.34. The highest BCUT2D eigenvalue weighted by molar-refractivity contribution is 8.00. The third kappa shape index (κ3) is 5.57. The zero-order valence-corrected chi connectivity index (χ0v) is 16.0. The Morgan fingerprint density at radius 3 is 2.88 bits per heavy atom. The molecule has 24 heavy (non-hydrogen) atoms. The van der Waals surface area contributed by atoms with Crippen molar-refractivity contribution in [1.82, 2.24) is 4.90 Å². The van der Waals surface area contributed by atoms with E-state index in [1.807, 2.05) is 11.8 Å². The number of hydrogen-bond acceptors (Lipinski definition) is 3. The first-order valence-electron chi connectivity index (χ1n) is 8.05. The van der Waals surface area contributed by atoms with E-state index in [1.165, 1.54) is 11.8 Å². The number of rotatable bonds is 6. The molecule has 1 aliphatic heterocycles. The standard InChI is InChI=1S/C17H22Cl2N2O2S/c1-11(24-15-9-13(18)5-6-14(15)19)17(23)21-8-2-3-12(10-21)4-7-16(20)22/h5-6,9,11-12H,2-4,7-8,10H2,1H3,(H2,20,22). The molecular formula is C17H22Cl2N2O2S. The fourth-order valence-electron chi connectivity index (χ4n) is 2.91. The second kappa shape index (κ2) is 8.97. The summed E-state index contributed by atoms with van der Waals surface area (Å²) in [6, 6.07) is 5.25. The zero-order valence-electron chi connectivity index (χ0n) is 13.6. The molecule has 1 aliphatic rings. The van der Waals surface area contributed by atoms with Gasteiger partial charge in [0, 0.05) is 29.4 Å². The van der Waals surface area contributed by atoms with E-state index in [0.717, 1.165) is 30.7 Å². The average molecular weight is 389 g/mol. The van der Waals surface area contributed by atoms with Crippen molar-refractivity contribution >= 4 is 46.8 Å². The molecule has 1 heterocycles. The highest BCUT2D eigenvalue weighted by atomic mass is 35.5. The van der Waals surface area contributed by atoms with Crippen molar-refractivity contribution in [3.05, 3.63) is 28.2 Å². The lowest BCUT2D eigenvalue weighted by atomic mass is 9.93. The van der Waals surface area contributed by atoms with Crippen LogP contribution in [-0.2, 0) is 9.59 Å². The monoisotopic (exact) mass is 388 g/mol. The number of benzene rings is 1. The Morgan fingerprint density at radius 1 is 1.42 bits per heavy atom. The lowest BCUT2D eigenvalue weighted by Gasteiger charge is -2.34. The number of primary amides is 1. The molecule has 0 radical (unpaired) electrons. The van der Waals surface area contributed by atoms with Crippen LogP contribution in [0.25, 0.3) is 0 Å². The number of likely N-dealkylation sites (tertiary alicyclic amines) is 1. The summed E-state index contributed by atoms with van der Waals surface area (Å²) >= 11 is 13.6. The summed E-state index contributed by atoms with van der Waals surface area (Å²) in [5.74, 6) is 0.167. The van der Waals surface area contributed by atoms with Gasteiger partial charge in [-0.3, -0.25) is 9.59 Å². The molecular weight excluding hydrogens is 367 g/mol. The Morgan fingerprint density at radius 2 is 2.17 bits per heavy atom. The molecule has 7 heteroatoms. The molecule has 0 aliphatic carbocycles. The number of nitrogens with two attached hydrogens (primary N) is 1. The summed E-state index contributed by atoms with van der Waals surface area (Å²) in [7, 11) is 0.